The van der Waals surface area contributed by atoms with Gasteiger partial charge in [-0.3, -0.25) is 4.79 Å². The van der Waals surface area contributed by atoms with Crippen LogP contribution in [0.3, 0.4) is 0 Å². The van der Waals surface area contributed by atoms with Crippen LogP contribution >= 0.6 is 0 Å². The Morgan fingerprint density at radius 2 is 2.23 bits per heavy atom. The van der Waals surface area contributed by atoms with Crippen LogP contribution in [0.4, 0.5) is 0 Å². The average Bonchev–Trinajstić information content (AvgIpc) is 2.08. The van der Waals surface area contributed by atoms with Crippen molar-refractivity contribution in [3.8, 4) is 11.8 Å². The third kappa shape index (κ3) is 2.34. The second kappa shape index (κ2) is 3.96. The largest absolute Gasteiger partial charge is 0.299 e. The Bertz CT molecular complexity index is 252. The molecule has 1 unspecified atom stereocenters. The van der Waals surface area contributed by atoms with E-state index in [9.17, 15) is 4.79 Å². The Balaban J connectivity index is 2.64. The third-order valence-electron chi connectivity index (χ3n) is 2.92. The lowest BCUT2D eigenvalue weighted by Crippen LogP contribution is -2.34. The van der Waals surface area contributed by atoms with Gasteiger partial charge in [-0.25, -0.2) is 0 Å². The second-order valence-corrected chi connectivity index (χ2v) is 4.47. The maximum Gasteiger partial charge on any atom is 0.142 e. The standard InChI is InChI=1S/C12H18O/c1-4-5-7-10-8-6-9-12(2,3)11(10)13/h10H,6-9H2,1-3H3. The van der Waals surface area contributed by atoms with Crippen molar-refractivity contribution in [1.29, 1.82) is 0 Å². The molecule has 0 spiro atoms. The molecule has 1 fully saturated rings. The minimum Gasteiger partial charge on any atom is -0.299 e. The van der Waals surface area contributed by atoms with Crippen LogP contribution in [0.5, 0.6) is 0 Å². The summed E-state index contributed by atoms with van der Waals surface area (Å²) in [7, 11) is 0. The summed E-state index contributed by atoms with van der Waals surface area (Å²) in [6.45, 7) is 5.94. The van der Waals surface area contributed by atoms with E-state index in [-0.39, 0.29) is 11.3 Å². The van der Waals surface area contributed by atoms with E-state index in [2.05, 4.69) is 25.7 Å². The fourth-order valence-corrected chi connectivity index (χ4v) is 2.02. The molecule has 1 atom stereocenters. The molecule has 1 rings (SSSR count). The van der Waals surface area contributed by atoms with Gasteiger partial charge in [-0.05, 0) is 19.8 Å². The van der Waals surface area contributed by atoms with Crippen molar-refractivity contribution >= 4 is 5.78 Å². The normalized spacial score (nSPS) is 26.4. The van der Waals surface area contributed by atoms with Gasteiger partial charge in [0, 0.05) is 17.8 Å². The van der Waals surface area contributed by atoms with Crippen LogP contribution in [-0.4, -0.2) is 5.78 Å². The van der Waals surface area contributed by atoms with Crippen molar-refractivity contribution in [3.63, 3.8) is 0 Å². The SMILES string of the molecule is CC#CCC1CCCC(C)(C)C1=O. The summed E-state index contributed by atoms with van der Waals surface area (Å²) in [4.78, 5) is 11.9. The first-order valence-electron chi connectivity index (χ1n) is 5.02. The zero-order chi connectivity index (χ0) is 9.90. The number of Topliss-reactive ketones (excluding diaryl/α,β-unsaturated/α-hetero) is 1. The van der Waals surface area contributed by atoms with E-state index < -0.39 is 0 Å². The molecule has 0 bridgehead atoms. The van der Waals surface area contributed by atoms with E-state index in [4.69, 9.17) is 0 Å². The van der Waals surface area contributed by atoms with E-state index in [1.807, 2.05) is 6.92 Å². The summed E-state index contributed by atoms with van der Waals surface area (Å²) < 4.78 is 0. The van der Waals surface area contributed by atoms with Crippen molar-refractivity contribution in [2.45, 2.75) is 46.5 Å². The van der Waals surface area contributed by atoms with Crippen molar-refractivity contribution in [3.05, 3.63) is 0 Å². The fourth-order valence-electron chi connectivity index (χ4n) is 2.02. The molecule has 0 aromatic carbocycles. The highest BCUT2D eigenvalue weighted by Gasteiger charge is 2.36. The van der Waals surface area contributed by atoms with Crippen molar-refractivity contribution in [2.24, 2.45) is 11.3 Å². The molecular weight excluding hydrogens is 160 g/mol. The minimum atomic E-state index is -0.0989. The average molecular weight is 178 g/mol. The smallest absolute Gasteiger partial charge is 0.142 e. The monoisotopic (exact) mass is 178 g/mol. The molecule has 0 heterocycles. The van der Waals surface area contributed by atoms with Gasteiger partial charge in [-0.1, -0.05) is 20.3 Å². The van der Waals surface area contributed by atoms with Crippen LogP contribution < -0.4 is 0 Å². The van der Waals surface area contributed by atoms with Gasteiger partial charge in [0.25, 0.3) is 0 Å². The van der Waals surface area contributed by atoms with Crippen LogP contribution in [0.1, 0.15) is 46.5 Å². The Hall–Kier alpha value is -0.770. The number of hydrogen-bond donors (Lipinski definition) is 0. The molecule has 72 valence electrons. The molecule has 0 aliphatic heterocycles. The van der Waals surface area contributed by atoms with E-state index in [1.54, 1.807) is 0 Å². The highest BCUT2D eigenvalue weighted by molar-refractivity contribution is 5.87. The Morgan fingerprint density at radius 3 is 2.85 bits per heavy atom. The van der Waals surface area contributed by atoms with Gasteiger partial charge < -0.3 is 0 Å². The number of hydrogen-bond acceptors (Lipinski definition) is 1. The van der Waals surface area contributed by atoms with E-state index in [1.165, 1.54) is 6.42 Å². The first-order chi connectivity index (χ1) is 6.08. The first-order valence-corrected chi connectivity index (χ1v) is 5.02. The van der Waals surface area contributed by atoms with Gasteiger partial charge in [0.2, 0.25) is 0 Å². The minimum absolute atomic E-state index is 0.0989. The lowest BCUT2D eigenvalue weighted by Gasteiger charge is -2.32. The predicted octanol–water partition coefficient (Wildman–Crippen LogP) is 2.80. The molecule has 1 aliphatic carbocycles. The molecule has 0 N–H and O–H groups in total. The summed E-state index contributed by atoms with van der Waals surface area (Å²) in [5.41, 5.74) is -0.0989. The molecule has 0 aromatic heterocycles. The van der Waals surface area contributed by atoms with Crippen LogP contribution in [0.15, 0.2) is 0 Å². The zero-order valence-electron chi connectivity index (χ0n) is 8.81. The zero-order valence-corrected chi connectivity index (χ0v) is 8.81. The second-order valence-electron chi connectivity index (χ2n) is 4.47. The topological polar surface area (TPSA) is 17.1 Å². The molecular formula is C12H18O. The fraction of sp³-hybridized carbons (Fsp3) is 0.750. The van der Waals surface area contributed by atoms with Gasteiger partial charge in [0.05, 0.1) is 0 Å². The molecule has 1 nitrogen and oxygen atoms in total. The number of ketones is 1. The molecule has 0 aromatic rings. The van der Waals surface area contributed by atoms with Crippen LogP contribution in [0, 0.1) is 23.2 Å². The Morgan fingerprint density at radius 1 is 1.54 bits per heavy atom. The van der Waals surface area contributed by atoms with Crippen molar-refractivity contribution < 1.29 is 4.79 Å². The molecule has 13 heavy (non-hydrogen) atoms. The summed E-state index contributed by atoms with van der Waals surface area (Å²) in [5, 5.41) is 0. The number of carbonyl (C=O) groups excluding carboxylic acids is 1. The molecule has 0 radical (unpaired) electrons. The molecule has 0 saturated heterocycles. The lowest BCUT2D eigenvalue weighted by atomic mass is 9.70. The number of rotatable bonds is 1. The first kappa shape index (κ1) is 10.3. The van der Waals surface area contributed by atoms with E-state index >= 15 is 0 Å². The Labute approximate surface area is 80.9 Å². The summed E-state index contributed by atoms with van der Waals surface area (Å²) in [5.74, 6) is 6.50. The maximum atomic E-state index is 11.9. The van der Waals surface area contributed by atoms with Crippen LogP contribution in [0.2, 0.25) is 0 Å². The highest BCUT2D eigenvalue weighted by atomic mass is 16.1. The molecule has 1 heteroatoms. The maximum absolute atomic E-state index is 11.9. The van der Waals surface area contributed by atoms with Gasteiger partial charge in [-0.2, -0.15) is 0 Å². The summed E-state index contributed by atoms with van der Waals surface area (Å²) >= 11 is 0. The van der Waals surface area contributed by atoms with Crippen molar-refractivity contribution in [1.82, 2.24) is 0 Å². The van der Waals surface area contributed by atoms with Gasteiger partial charge in [0.1, 0.15) is 5.78 Å². The van der Waals surface area contributed by atoms with Gasteiger partial charge >= 0.3 is 0 Å². The van der Waals surface area contributed by atoms with Crippen LogP contribution in [0.25, 0.3) is 0 Å². The van der Waals surface area contributed by atoms with Gasteiger partial charge in [-0.15, -0.1) is 11.8 Å². The molecule has 0 amide bonds. The third-order valence-corrected chi connectivity index (χ3v) is 2.92. The van der Waals surface area contributed by atoms with E-state index in [0.717, 1.165) is 19.3 Å². The lowest BCUT2D eigenvalue weighted by molar-refractivity contribution is -0.134. The summed E-state index contributed by atoms with van der Waals surface area (Å²) in [6, 6.07) is 0. The molecule has 1 aliphatic rings. The van der Waals surface area contributed by atoms with E-state index in [0.29, 0.717) is 5.78 Å². The summed E-state index contributed by atoms with van der Waals surface area (Å²) in [6.07, 6.45) is 4.02. The quantitative estimate of drug-likeness (QED) is 0.564. The number of carbonyl (C=O) groups is 1. The Kier molecular flexibility index (Phi) is 3.14. The predicted molar refractivity (Wildman–Crippen MR) is 54.2 cm³/mol. The highest BCUT2D eigenvalue weighted by Crippen LogP contribution is 2.36. The van der Waals surface area contributed by atoms with Crippen molar-refractivity contribution in [2.75, 3.05) is 0 Å². The molecule has 1 saturated carbocycles. The van der Waals surface area contributed by atoms with Crippen LogP contribution in [-0.2, 0) is 4.79 Å². The van der Waals surface area contributed by atoms with Gasteiger partial charge in [0.15, 0.2) is 0 Å².